The molecule has 0 atom stereocenters. The van der Waals surface area contributed by atoms with E-state index in [1.54, 1.807) is 0 Å². The molecule has 0 aromatic carbocycles. The molecule has 1 aliphatic carbocycles. The maximum Gasteiger partial charge on any atom is 0.291 e. The zero-order chi connectivity index (χ0) is 13.0. The zero-order valence-electron chi connectivity index (χ0n) is 11.0. The lowest BCUT2D eigenvalue weighted by Gasteiger charge is -2.40. The van der Waals surface area contributed by atoms with Crippen molar-refractivity contribution < 1.29 is 4.79 Å². The molecular weight excluding hydrogens is 248 g/mol. The first-order chi connectivity index (χ1) is 8.69. The van der Waals surface area contributed by atoms with Gasteiger partial charge in [0.05, 0.1) is 0 Å². The topological polar surface area (TPSA) is 70.7 Å². The fraction of sp³-hybridized carbons (Fsp3) is 0.750. The Bertz CT molecular complexity index is 408. The van der Waals surface area contributed by atoms with Gasteiger partial charge in [-0.1, -0.05) is 13.3 Å². The van der Waals surface area contributed by atoms with Gasteiger partial charge in [0.2, 0.25) is 5.82 Å². The Balaban J connectivity index is 1.87. The molecule has 1 heterocycles. The van der Waals surface area contributed by atoms with Crippen LogP contribution in [0.2, 0.25) is 0 Å². The number of carbonyl (C=O) groups is 1. The van der Waals surface area contributed by atoms with Crippen molar-refractivity contribution in [1.82, 2.24) is 20.5 Å². The van der Waals surface area contributed by atoms with Gasteiger partial charge in [-0.25, -0.2) is 4.98 Å². The van der Waals surface area contributed by atoms with E-state index in [2.05, 4.69) is 33.7 Å². The largest absolute Gasteiger partial charge is 0.348 e. The van der Waals surface area contributed by atoms with Crippen molar-refractivity contribution in [2.24, 2.45) is 0 Å². The first-order valence-electron chi connectivity index (χ1n) is 6.44. The Morgan fingerprint density at radius 3 is 2.89 bits per heavy atom. The fourth-order valence-electron chi connectivity index (χ4n) is 2.09. The third-order valence-corrected chi connectivity index (χ3v) is 4.91. The summed E-state index contributed by atoms with van der Waals surface area (Å²) in [6, 6.07) is 0. The average Bonchev–Trinajstić information content (AvgIpc) is 2.77. The lowest BCUT2D eigenvalue weighted by atomic mass is 9.84. The van der Waals surface area contributed by atoms with Crippen LogP contribution in [0.25, 0.3) is 0 Å². The third-order valence-electron chi connectivity index (χ3n) is 3.49. The van der Waals surface area contributed by atoms with Gasteiger partial charge in [0, 0.05) is 17.7 Å². The van der Waals surface area contributed by atoms with Crippen molar-refractivity contribution in [3.63, 3.8) is 0 Å². The van der Waals surface area contributed by atoms with E-state index < -0.39 is 0 Å². The van der Waals surface area contributed by atoms with Crippen LogP contribution < -0.4 is 5.32 Å². The van der Waals surface area contributed by atoms with E-state index in [1.165, 1.54) is 19.3 Å². The molecule has 2 rings (SSSR count). The molecule has 0 aliphatic heterocycles. The summed E-state index contributed by atoms with van der Waals surface area (Å²) in [6.07, 6.45) is 7.56. The second-order valence-corrected chi connectivity index (χ2v) is 6.05. The molecule has 1 amide bonds. The Labute approximate surface area is 112 Å². The van der Waals surface area contributed by atoms with Gasteiger partial charge in [-0.15, -0.1) is 5.10 Å². The van der Waals surface area contributed by atoms with Gasteiger partial charge >= 0.3 is 0 Å². The number of aryl methyl sites for hydroxylation is 1. The number of H-pyrrole nitrogens is 1. The number of nitrogens with one attached hydrogen (secondary N) is 2. The monoisotopic (exact) mass is 268 g/mol. The summed E-state index contributed by atoms with van der Waals surface area (Å²) in [5.41, 5.74) is 0. The van der Waals surface area contributed by atoms with Crippen LogP contribution in [0.4, 0.5) is 0 Å². The van der Waals surface area contributed by atoms with Crippen molar-refractivity contribution in [2.75, 3.05) is 12.8 Å². The summed E-state index contributed by atoms with van der Waals surface area (Å²) in [5.74, 6) is 0.869. The van der Waals surface area contributed by atoms with Crippen molar-refractivity contribution in [1.29, 1.82) is 0 Å². The van der Waals surface area contributed by atoms with Crippen molar-refractivity contribution >= 4 is 17.7 Å². The molecule has 2 N–H and O–H groups in total. The van der Waals surface area contributed by atoms with Crippen LogP contribution in [-0.4, -0.2) is 38.6 Å². The smallest absolute Gasteiger partial charge is 0.291 e. The number of carbonyl (C=O) groups excluding carboxylic acids is 1. The number of aromatic nitrogens is 3. The molecule has 5 nitrogen and oxygen atoms in total. The molecule has 1 aromatic rings. The van der Waals surface area contributed by atoms with E-state index in [0.717, 1.165) is 18.7 Å². The lowest BCUT2D eigenvalue weighted by molar-refractivity contribution is 0.0934. The molecule has 6 heteroatoms. The quantitative estimate of drug-likeness (QED) is 0.825. The molecule has 0 unspecified atom stereocenters. The Morgan fingerprint density at radius 1 is 1.56 bits per heavy atom. The summed E-state index contributed by atoms with van der Waals surface area (Å²) < 4.78 is 0.248. The second kappa shape index (κ2) is 5.73. The molecule has 1 saturated carbocycles. The van der Waals surface area contributed by atoms with Crippen LogP contribution >= 0.6 is 11.8 Å². The Morgan fingerprint density at radius 2 is 2.33 bits per heavy atom. The highest BCUT2D eigenvalue weighted by Crippen LogP contribution is 2.42. The van der Waals surface area contributed by atoms with Gasteiger partial charge < -0.3 is 5.32 Å². The number of hydrogen-bond donors (Lipinski definition) is 2. The molecule has 1 aromatic heterocycles. The molecule has 18 heavy (non-hydrogen) atoms. The molecule has 0 saturated heterocycles. The van der Waals surface area contributed by atoms with Crippen LogP contribution in [0, 0.1) is 0 Å². The van der Waals surface area contributed by atoms with Gasteiger partial charge in [0.1, 0.15) is 5.82 Å². The van der Waals surface area contributed by atoms with E-state index in [9.17, 15) is 4.79 Å². The third kappa shape index (κ3) is 2.85. The highest BCUT2D eigenvalue weighted by Gasteiger charge is 2.36. The first kappa shape index (κ1) is 13.4. The number of nitrogens with zero attached hydrogens (tertiary/aromatic N) is 2. The summed E-state index contributed by atoms with van der Waals surface area (Å²) in [6.45, 7) is 2.78. The average molecular weight is 268 g/mol. The minimum atomic E-state index is -0.172. The lowest BCUT2D eigenvalue weighted by Crippen LogP contribution is -2.45. The molecule has 0 spiro atoms. The molecule has 100 valence electrons. The standard InChI is InChI=1S/C12H20N4OS/c1-3-5-9-14-10(16-15-9)11(17)13-8-12(18-2)6-4-7-12/h3-8H2,1-2H3,(H,13,17)(H,14,15,16). The van der Waals surface area contributed by atoms with Crippen molar-refractivity contribution in [3.8, 4) is 0 Å². The van der Waals surface area contributed by atoms with Gasteiger partial charge in [-0.3, -0.25) is 9.89 Å². The zero-order valence-corrected chi connectivity index (χ0v) is 11.8. The van der Waals surface area contributed by atoms with E-state index in [0.29, 0.717) is 6.54 Å². The molecule has 0 bridgehead atoms. The number of aromatic amines is 1. The fourth-order valence-corrected chi connectivity index (χ4v) is 3.00. The van der Waals surface area contributed by atoms with Gasteiger partial charge in [-0.05, 0) is 25.5 Å². The van der Waals surface area contributed by atoms with Gasteiger partial charge in [0.25, 0.3) is 5.91 Å². The SMILES string of the molecule is CCCc1nc(C(=O)NCC2(SC)CCC2)n[nH]1. The number of amides is 1. The number of hydrogen-bond acceptors (Lipinski definition) is 4. The maximum absolute atomic E-state index is 11.9. The normalized spacial score (nSPS) is 17.2. The van der Waals surface area contributed by atoms with E-state index in [1.807, 2.05) is 11.8 Å². The Hall–Kier alpha value is -1.04. The number of rotatable bonds is 6. The number of thioether (sulfide) groups is 1. The van der Waals surface area contributed by atoms with E-state index >= 15 is 0 Å². The highest BCUT2D eigenvalue weighted by molar-refractivity contribution is 8.00. The summed E-state index contributed by atoms with van der Waals surface area (Å²) in [7, 11) is 0. The van der Waals surface area contributed by atoms with Crippen LogP contribution in [0.5, 0.6) is 0 Å². The van der Waals surface area contributed by atoms with E-state index in [4.69, 9.17) is 0 Å². The molecular formula is C12H20N4OS. The highest BCUT2D eigenvalue weighted by atomic mass is 32.2. The van der Waals surface area contributed by atoms with Crippen LogP contribution in [0.3, 0.4) is 0 Å². The first-order valence-corrected chi connectivity index (χ1v) is 7.66. The van der Waals surface area contributed by atoms with Crippen molar-refractivity contribution in [3.05, 3.63) is 11.6 Å². The summed E-state index contributed by atoms with van der Waals surface area (Å²) in [4.78, 5) is 16.1. The van der Waals surface area contributed by atoms with Crippen LogP contribution in [0.1, 0.15) is 49.1 Å². The molecule has 0 radical (unpaired) electrons. The molecule has 1 fully saturated rings. The Kier molecular flexibility index (Phi) is 4.27. The van der Waals surface area contributed by atoms with Gasteiger partial charge in [0.15, 0.2) is 0 Å². The second-order valence-electron chi connectivity index (χ2n) is 4.78. The van der Waals surface area contributed by atoms with E-state index in [-0.39, 0.29) is 16.5 Å². The minimum absolute atomic E-state index is 0.172. The van der Waals surface area contributed by atoms with Crippen LogP contribution in [-0.2, 0) is 6.42 Å². The summed E-state index contributed by atoms with van der Waals surface area (Å²) >= 11 is 1.85. The predicted octanol–water partition coefficient (Wildman–Crippen LogP) is 1.77. The van der Waals surface area contributed by atoms with Crippen LogP contribution in [0.15, 0.2) is 0 Å². The van der Waals surface area contributed by atoms with Crippen molar-refractivity contribution in [2.45, 2.75) is 43.8 Å². The van der Waals surface area contributed by atoms with Gasteiger partial charge in [-0.2, -0.15) is 11.8 Å². The predicted molar refractivity (Wildman–Crippen MR) is 72.8 cm³/mol. The molecule has 1 aliphatic rings. The summed E-state index contributed by atoms with van der Waals surface area (Å²) in [5, 5.41) is 9.69. The maximum atomic E-state index is 11.9. The minimum Gasteiger partial charge on any atom is -0.348 e.